The predicted octanol–water partition coefficient (Wildman–Crippen LogP) is 6.21. The van der Waals surface area contributed by atoms with Crippen LogP contribution < -0.4 is 9.80 Å². The summed E-state index contributed by atoms with van der Waals surface area (Å²) in [6, 6.07) is 9.13. The molecule has 146 valence electrons. The molecular weight excluding hydrogens is 352 g/mol. The Hall–Kier alpha value is -1.67. The molecular formula is C24H33ClN2. The molecule has 2 aromatic rings. The SMILES string of the molecule is Cc1cc(C)c(N2CCN(c3c(C)cc(C)cc3C)C2C(C)(C)Cl)c(C)c1. The Morgan fingerprint density at radius 3 is 1.26 bits per heavy atom. The van der Waals surface area contributed by atoms with Crippen LogP contribution in [0.25, 0.3) is 0 Å². The van der Waals surface area contributed by atoms with E-state index in [1.807, 2.05) is 0 Å². The highest BCUT2D eigenvalue weighted by atomic mass is 35.5. The standard InChI is InChI=1S/C24H33ClN2/c1-15-11-17(3)21(18(4)12-15)26-9-10-27(23(26)24(7,8)25)22-19(5)13-16(2)14-20(22)6/h11-14,23H,9-10H2,1-8H3. The molecule has 1 saturated heterocycles. The summed E-state index contributed by atoms with van der Waals surface area (Å²) in [5, 5.41) is 0. The van der Waals surface area contributed by atoms with E-state index in [-0.39, 0.29) is 11.0 Å². The molecule has 0 unspecified atom stereocenters. The van der Waals surface area contributed by atoms with Gasteiger partial charge in [0.1, 0.15) is 6.17 Å². The van der Waals surface area contributed by atoms with Crippen LogP contribution in [0.15, 0.2) is 24.3 Å². The molecule has 2 nitrogen and oxygen atoms in total. The number of benzene rings is 2. The zero-order valence-electron chi connectivity index (χ0n) is 18.1. The highest BCUT2D eigenvalue weighted by Gasteiger charge is 2.43. The topological polar surface area (TPSA) is 6.48 Å². The maximum Gasteiger partial charge on any atom is 0.121 e. The van der Waals surface area contributed by atoms with E-state index in [2.05, 4.69) is 89.5 Å². The van der Waals surface area contributed by atoms with Crippen molar-refractivity contribution in [3.8, 4) is 0 Å². The molecule has 0 radical (unpaired) electrons. The van der Waals surface area contributed by atoms with Crippen LogP contribution in [-0.2, 0) is 0 Å². The molecule has 0 amide bonds. The lowest BCUT2D eigenvalue weighted by Gasteiger charge is -2.42. The highest BCUT2D eigenvalue weighted by Crippen LogP contribution is 2.41. The van der Waals surface area contributed by atoms with Crippen LogP contribution in [0, 0.1) is 41.5 Å². The zero-order chi connectivity index (χ0) is 20.1. The lowest BCUT2D eigenvalue weighted by atomic mass is 10.00. The summed E-state index contributed by atoms with van der Waals surface area (Å²) in [7, 11) is 0. The van der Waals surface area contributed by atoms with Gasteiger partial charge >= 0.3 is 0 Å². The van der Waals surface area contributed by atoms with Crippen molar-refractivity contribution in [2.24, 2.45) is 0 Å². The summed E-state index contributed by atoms with van der Waals surface area (Å²) in [5.74, 6) is 0. The van der Waals surface area contributed by atoms with Crippen molar-refractivity contribution >= 4 is 23.0 Å². The van der Waals surface area contributed by atoms with Gasteiger partial charge in [-0.15, -0.1) is 11.6 Å². The maximum absolute atomic E-state index is 7.02. The number of anilines is 2. The molecule has 1 fully saturated rings. The number of halogens is 1. The van der Waals surface area contributed by atoms with Crippen LogP contribution in [0.2, 0.25) is 0 Å². The largest absolute Gasteiger partial charge is 0.347 e. The van der Waals surface area contributed by atoms with Gasteiger partial charge in [0.2, 0.25) is 0 Å². The molecule has 0 atom stereocenters. The van der Waals surface area contributed by atoms with Gasteiger partial charge in [0.05, 0.1) is 4.87 Å². The van der Waals surface area contributed by atoms with Crippen molar-refractivity contribution in [2.45, 2.75) is 66.4 Å². The van der Waals surface area contributed by atoms with E-state index < -0.39 is 0 Å². The molecule has 0 aliphatic carbocycles. The average molecular weight is 385 g/mol. The van der Waals surface area contributed by atoms with Gasteiger partial charge in [0.25, 0.3) is 0 Å². The monoisotopic (exact) mass is 384 g/mol. The first kappa shape index (κ1) is 20.1. The maximum atomic E-state index is 7.02. The van der Waals surface area contributed by atoms with Crippen LogP contribution >= 0.6 is 11.6 Å². The molecule has 0 saturated carbocycles. The van der Waals surface area contributed by atoms with Gasteiger partial charge < -0.3 is 9.80 Å². The fourth-order valence-electron chi connectivity index (χ4n) is 5.09. The molecule has 3 rings (SSSR count). The van der Waals surface area contributed by atoms with E-state index in [9.17, 15) is 0 Å². The minimum Gasteiger partial charge on any atom is -0.347 e. The van der Waals surface area contributed by atoms with E-state index in [1.54, 1.807) is 0 Å². The van der Waals surface area contributed by atoms with Crippen LogP contribution in [-0.4, -0.2) is 24.1 Å². The van der Waals surface area contributed by atoms with E-state index in [4.69, 9.17) is 11.6 Å². The number of rotatable bonds is 3. The average Bonchev–Trinajstić information content (AvgIpc) is 2.89. The number of nitrogens with zero attached hydrogens (tertiary/aromatic N) is 2. The molecule has 0 bridgehead atoms. The normalized spacial score (nSPS) is 15.7. The number of alkyl halides is 1. The first-order valence-electron chi connectivity index (χ1n) is 9.88. The van der Waals surface area contributed by atoms with Crippen molar-refractivity contribution in [2.75, 3.05) is 22.9 Å². The molecule has 1 aliphatic rings. The van der Waals surface area contributed by atoms with Gasteiger partial charge in [-0.25, -0.2) is 0 Å². The Balaban J connectivity index is 2.13. The molecule has 3 heteroatoms. The Bertz CT molecular complexity index is 752. The van der Waals surface area contributed by atoms with E-state index in [1.165, 1.54) is 44.8 Å². The first-order valence-corrected chi connectivity index (χ1v) is 10.3. The van der Waals surface area contributed by atoms with Gasteiger partial charge in [-0.2, -0.15) is 0 Å². The Morgan fingerprint density at radius 1 is 0.704 bits per heavy atom. The summed E-state index contributed by atoms with van der Waals surface area (Å²) >= 11 is 7.02. The fourth-order valence-corrected chi connectivity index (χ4v) is 5.32. The minimum absolute atomic E-state index is 0.111. The van der Waals surface area contributed by atoms with Crippen LogP contribution in [0.3, 0.4) is 0 Å². The van der Waals surface area contributed by atoms with Crippen LogP contribution in [0.1, 0.15) is 47.2 Å². The zero-order valence-corrected chi connectivity index (χ0v) is 18.8. The van der Waals surface area contributed by atoms with Gasteiger partial charge in [0, 0.05) is 24.5 Å². The summed E-state index contributed by atoms with van der Waals surface area (Å²) in [4.78, 5) is 4.66. The summed E-state index contributed by atoms with van der Waals surface area (Å²) in [6.45, 7) is 19.5. The quantitative estimate of drug-likeness (QED) is 0.580. The number of aryl methyl sites for hydroxylation is 6. The lowest BCUT2D eigenvalue weighted by Crippen LogP contribution is -2.51. The summed E-state index contributed by atoms with van der Waals surface area (Å²) < 4.78 is 0. The highest BCUT2D eigenvalue weighted by molar-refractivity contribution is 6.24. The molecule has 0 aromatic heterocycles. The van der Waals surface area contributed by atoms with Crippen LogP contribution in [0.5, 0.6) is 0 Å². The molecule has 0 spiro atoms. The molecule has 2 aromatic carbocycles. The summed E-state index contributed by atoms with van der Waals surface area (Å²) in [6.07, 6.45) is 0.111. The van der Waals surface area contributed by atoms with Crippen molar-refractivity contribution in [1.29, 1.82) is 0 Å². The van der Waals surface area contributed by atoms with E-state index in [0.29, 0.717) is 0 Å². The summed E-state index contributed by atoms with van der Waals surface area (Å²) in [5.41, 5.74) is 10.6. The lowest BCUT2D eigenvalue weighted by molar-refractivity contribution is 0.525. The third-order valence-corrected chi connectivity index (χ3v) is 5.83. The number of hydrogen-bond acceptors (Lipinski definition) is 2. The molecule has 0 N–H and O–H groups in total. The van der Waals surface area contributed by atoms with Gasteiger partial charge in [-0.3, -0.25) is 0 Å². The second-order valence-electron chi connectivity index (χ2n) is 8.82. The van der Waals surface area contributed by atoms with Crippen LogP contribution in [0.4, 0.5) is 11.4 Å². The number of hydrogen-bond donors (Lipinski definition) is 0. The van der Waals surface area contributed by atoms with Gasteiger partial charge in [0.15, 0.2) is 0 Å². The Kier molecular flexibility index (Phi) is 5.24. The third kappa shape index (κ3) is 3.69. The van der Waals surface area contributed by atoms with Gasteiger partial charge in [-0.1, -0.05) is 35.4 Å². The molecule has 1 aliphatic heterocycles. The van der Waals surface area contributed by atoms with Crippen molar-refractivity contribution in [3.05, 3.63) is 57.6 Å². The van der Waals surface area contributed by atoms with Crippen molar-refractivity contribution in [3.63, 3.8) is 0 Å². The first-order chi connectivity index (χ1) is 12.5. The third-order valence-electron chi connectivity index (χ3n) is 5.63. The van der Waals surface area contributed by atoms with E-state index >= 15 is 0 Å². The second-order valence-corrected chi connectivity index (χ2v) is 9.79. The molecule has 27 heavy (non-hydrogen) atoms. The second kappa shape index (κ2) is 7.05. The van der Waals surface area contributed by atoms with Crippen molar-refractivity contribution in [1.82, 2.24) is 0 Å². The van der Waals surface area contributed by atoms with Gasteiger partial charge in [-0.05, 0) is 77.6 Å². The fraction of sp³-hybridized carbons (Fsp3) is 0.500. The minimum atomic E-state index is -0.385. The van der Waals surface area contributed by atoms with Crippen molar-refractivity contribution < 1.29 is 0 Å². The Morgan fingerprint density at radius 2 is 1.00 bits per heavy atom. The predicted molar refractivity (Wildman–Crippen MR) is 120 cm³/mol. The molecule has 1 heterocycles. The Labute approximate surface area is 170 Å². The smallest absolute Gasteiger partial charge is 0.121 e. The van der Waals surface area contributed by atoms with E-state index in [0.717, 1.165) is 13.1 Å².